The van der Waals surface area contributed by atoms with Crippen molar-refractivity contribution in [3.8, 4) is 33.8 Å². The largest absolute Gasteiger partial charge is 0.437 e. The van der Waals surface area contributed by atoms with Crippen LogP contribution in [-0.2, 0) is 19.3 Å². The summed E-state index contributed by atoms with van der Waals surface area (Å²) in [6, 6.07) is 45.2. The molecule has 0 spiro atoms. The van der Waals surface area contributed by atoms with Crippen LogP contribution < -0.4 is 0 Å². The highest BCUT2D eigenvalue weighted by Crippen LogP contribution is 2.73. The number of nitrogens with zero attached hydrogens (tertiary/aromatic N) is 4. The fraction of sp³-hybridized carbons (Fsp3) is 0.309. The fourth-order valence-corrected chi connectivity index (χ4v) is 12.5. The van der Waals surface area contributed by atoms with Gasteiger partial charge in [-0.15, -0.1) is 0 Å². The van der Waals surface area contributed by atoms with Gasteiger partial charge in [-0.05, 0) is 159 Å². The molecule has 0 saturated heterocycles. The molecule has 5 heterocycles. The molecule has 60 heavy (non-hydrogen) atoms. The lowest BCUT2D eigenvalue weighted by atomic mass is 9.37. The molecule has 5 aromatic heterocycles. The van der Waals surface area contributed by atoms with Crippen molar-refractivity contribution in [2.45, 2.75) is 84.0 Å². The fourth-order valence-electron chi connectivity index (χ4n) is 12.5. The lowest BCUT2D eigenvalue weighted by Crippen LogP contribution is -2.57. The Hall–Kier alpha value is -5.94. The van der Waals surface area contributed by atoms with Crippen LogP contribution in [0.4, 0.5) is 0 Å². The van der Waals surface area contributed by atoms with Crippen LogP contribution in [0, 0.1) is 29.1 Å². The van der Waals surface area contributed by atoms with Crippen LogP contribution in [-0.4, -0.2) is 19.9 Å². The van der Waals surface area contributed by atoms with E-state index in [4.69, 9.17) is 19.4 Å². The third-order valence-electron chi connectivity index (χ3n) is 14.6. The Morgan fingerprint density at radius 2 is 1.00 bits per heavy atom. The topological polar surface area (TPSA) is 64.7 Å². The number of benzene rings is 3. The van der Waals surface area contributed by atoms with Gasteiger partial charge in [0, 0.05) is 51.7 Å². The van der Waals surface area contributed by atoms with E-state index in [1.807, 2.05) is 6.92 Å². The van der Waals surface area contributed by atoms with E-state index < -0.39 is 0 Å². The maximum absolute atomic E-state index is 6.34. The smallest absolute Gasteiger partial charge is 0.227 e. The van der Waals surface area contributed by atoms with Gasteiger partial charge in [0.1, 0.15) is 5.58 Å². The molecule has 0 N–H and O–H groups in total. The Morgan fingerprint density at radius 3 is 1.48 bits per heavy atom. The quantitative estimate of drug-likeness (QED) is 0.123. The van der Waals surface area contributed by atoms with Crippen LogP contribution >= 0.6 is 0 Å². The number of para-hydroxylation sites is 1. The van der Waals surface area contributed by atoms with Crippen LogP contribution in [0.1, 0.15) is 80.2 Å². The maximum atomic E-state index is 6.34. The van der Waals surface area contributed by atoms with Crippen LogP contribution in [0.15, 0.2) is 150 Å². The van der Waals surface area contributed by atoms with Gasteiger partial charge in [-0.3, -0.25) is 15.0 Å². The Labute approximate surface area is 353 Å². The average molecular weight is 785 g/mol. The first-order valence-corrected chi connectivity index (χ1v) is 22.2. The highest BCUT2D eigenvalue weighted by Gasteiger charge is 2.62. The molecule has 2 atom stereocenters. The lowest BCUT2D eigenvalue weighted by Gasteiger charge is -2.67. The highest BCUT2D eigenvalue weighted by molar-refractivity contribution is 6.08. The van der Waals surface area contributed by atoms with Crippen LogP contribution in [0.5, 0.6) is 0 Å². The molecule has 4 bridgehead atoms. The summed E-state index contributed by atoms with van der Waals surface area (Å²) < 4.78 is 6.34. The Balaban J connectivity index is 0.837. The van der Waals surface area contributed by atoms with Crippen molar-refractivity contribution in [1.29, 1.82) is 0 Å². The Bertz CT molecular complexity index is 2670. The number of hydrogen-bond donors (Lipinski definition) is 0. The molecule has 4 aliphatic rings. The number of pyridine rings is 4. The minimum atomic E-state index is 0.369. The molecule has 8 aromatic rings. The molecule has 4 fully saturated rings. The van der Waals surface area contributed by atoms with E-state index in [0.29, 0.717) is 22.0 Å². The van der Waals surface area contributed by atoms with E-state index in [0.717, 1.165) is 69.9 Å². The molecule has 4 saturated carbocycles. The maximum Gasteiger partial charge on any atom is 0.227 e. The van der Waals surface area contributed by atoms with E-state index in [-0.39, 0.29) is 0 Å². The molecule has 12 rings (SSSR count). The van der Waals surface area contributed by atoms with Gasteiger partial charge < -0.3 is 4.42 Å². The summed E-state index contributed by atoms with van der Waals surface area (Å²) in [5.74, 6) is 0.807. The molecule has 0 radical (unpaired) electrons. The summed E-state index contributed by atoms with van der Waals surface area (Å²) in [6.07, 6.45) is 21.7. The minimum Gasteiger partial charge on any atom is -0.437 e. The highest BCUT2D eigenvalue weighted by atomic mass is 16.3. The summed E-state index contributed by atoms with van der Waals surface area (Å²) in [4.78, 5) is 19.6. The Morgan fingerprint density at radius 1 is 0.500 bits per heavy atom. The SMILES string of the molecule is Cc1ccc2c(n1)oc1c(-c3ccc(CCC45CC6CC(CCc7ccc(-c8ccccc8)nc7)(CC(CCc7ccc(-c8ccccc8)nc7)(C6)C4)C5)cn3)cccc12. The Kier molecular flexibility index (Phi) is 9.24. The van der Waals surface area contributed by atoms with Gasteiger partial charge in [0.25, 0.3) is 0 Å². The van der Waals surface area contributed by atoms with E-state index >= 15 is 0 Å². The molecule has 3 aromatic carbocycles. The van der Waals surface area contributed by atoms with Gasteiger partial charge in [-0.2, -0.15) is 0 Å². The third-order valence-corrected chi connectivity index (χ3v) is 14.6. The standard InChI is InChI=1S/C55H52N4O/c1-38-15-19-46-45-13-8-14-47(51(45)60-52(46)59-38)50-22-18-41(34-58-50)25-28-55-31-42-29-53(36-55,26-23-39-16-20-48(56-32-39)43-9-4-2-5-10-43)35-54(30-42,37-55)27-24-40-17-21-49(57-33-40)44-11-6-3-7-12-44/h2-22,32-34,42H,23-31,35-37H2,1H3. The van der Waals surface area contributed by atoms with E-state index in [9.17, 15) is 0 Å². The molecule has 5 heteroatoms. The summed E-state index contributed by atoms with van der Waals surface area (Å²) >= 11 is 0. The van der Waals surface area contributed by atoms with Gasteiger partial charge in [-0.1, -0.05) is 91.0 Å². The van der Waals surface area contributed by atoms with Gasteiger partial charge in [-0.25, -0.2) is 4.98 Å². The number of fused-ring (bicyclic) bond motifs is 3. The second kappa shape index (κ2) is 15.0. The first-order chi connectivity index (χ1) is 29.4. The van der Waals surface area contributed by atoms with Gasteiger partial charge in [0.2, 0.25) is 5.71 Å². The van der Waals surface area contributed by atoms with Crippen molar-refractivity contribution in [3.63, 3.8) is 0 Å². The monoisotopic (exact) mass is 784 g/mol. The van der Waals surface area contributed by atoms with Crippen molar-refractivity contribution in [3.05, 3.63) is 168 Å². The van der Waals surface area contributed by atoms with Crippen LogP contribution in [0.25, 0.3) is 55.8 Å². The number of aromatic nitrogens is 4. The molecule has 0 aliphatic heterocycles. The van der Waals surface area contributed by atoms with Gasteiger partial charge in [0.05, 0.1) is 17.1 Å². The molecule has 0 amide bonds. The van der Waals surface area contributed by atoms with Gasteiger partial charge in [0.15, 0.2) is 0 Å². The summed E-state index contributed by atoms with van der Waals surface area (Å²) in [6.45, 7) is 2.00. The normalized spacial score (nSPS) is 23.1. The minimum absolute atomic E-state index is 0.369. The predicted molar refractivity (Wildman–Crippen MR) is 242 cm³/mol. The van der Waals surface area contributed by atoms with Gasteiger partial charge >= 0.3 is 0 Å². The second-order valence-corrected chi connectivity index (χ2v) is 19.0. The number of aryl methyl sites for hydroxylation is 4. The first kappa shape index (κ1) is 37.1. The molecule has 2 unspecified atom stereocenters. The van der Waals surface area contributed by atoms with E-state index in [1.165, 1.54) is 85.6 Å². The molecule has 5 nitrogen and oxygen atoms in total. The zero-order valence-corrected chi connectivity index (χ0v) is 34.6. The summed E-state index contributed by atoms with van der Waals surface area (Å²) in [7, 11) is 0. The molecule has 4 aliphatic carbocycles. The van der Waals surface area contributed by atoms with Crippen molar-refractivity contribution < 1.29 is 4.42 Å². The van der Waals surface area contributed by atoms with Crippen molar-refractivity contribution in [2.24, 2.45) is 22.2 Å². The second-order valence-electron chi connectivity index (χ2n) is 19.0. The van der Waals surface area contributed by atoms with Crippen molar-refractivity contribution in [1.82, 2.24) is 19.9 Å². The summed E-state index contributed by atoms with van der Waals surface area (Å²) in [5.41, 5.74) is 14.2. The van der Waals surface area contributed by atoms with Crippen molar-refractivity contribution in [2.75, 3.05) is 0 Å². The zero-order valence-electron chi connectivity index (χ0n) is 34.6. The first-order valence-electron chi connectivity index (χ1n) is 22.2. The number of rotatable bonds is 12. The predicted octanol–water partition coefficient (Wildman–Crippen LogP) is 13.6. The lowest BCUT2D eigenvalue weighted by molar-refractivity contribution is -0.166. The van der Waals surface area contributed by atoms with Crippen molar-refractivity contribution >= 4 is 22.1 Å². The molecule has 298 valence electrons. The van der Waals surface area contributed by atoms with E-state index in [2.05, 4.69) is 151 Å². The third kappa shape index (κ3) is 7.12. The van der Waals surface area contributed by atoms with Crippen LogP contribution in [0.3, 0.4) is 0 Å². The summed E-state index contributed by atoms with van der Waals surface area (Å²) in [5, 5.41) is 2.14. The number of furan rings is 1. The number of hydrogen-bond acceptors (Lipinski definition) is 5. The molecular weight excluding hydrogens is 733 g/mol. The van der Waals surface area contributed by atoms with Crippen LogP contribution in [0.2, 0.25) is 0 Å². The average Bonchev–Trinajstić information content (AvgIpc) is 3.66. The molecular formula is C55H52N4O. The zero-order chi connectivity index (χ0) is 40.2. The van der Waals surface area contributed by atoms with E-state index in [1.54, 1.807) is 0 Å².